The van der Waals surface area contributed by atoms with Gasteiger partial charge in [0, 0.05) is 94.8 Å². The number of nitrogen functional groups attached to an aromatic ring is 1. The number of carbonyl (C=O) groups is 1. The molecule has 0 saturated carbocycles. The van der Waals surface area contributed by atoms with E-state index in [1.54, 1.807) is 24.5 Å². The van der Waals surface area contributed by atoms with Crippen LogP contribution in [-0.4, -0.2) is 111 Å². The Kier molecular flexibility index (Phi) is 8.68. The van der Waals surface area contributed by atoms with Crippen molar-refractivity contribution in [2.24, 2.45) is 0 Å². The second-order valence-electron chi connectivity index (χ2n) is 10.2. The number of aromatic nitrogens is 4. The number of nitrogens with two attached hydrogens (primary N) is 1. The molecule has 1 aliphatic rings. The fourth-order valence-corrected chi connectivity index (χ4v) is 5.26. The highest BCUT2D eigenvalue weighted by Gasteiger charge is 2.25. The van der Waals surface area contributed by atoms with Crippen LogP contribution in [0, 0.1) is 11.6 Å². The molecule has 0 unspecified atom stereocenters. The molecule has 5 rings (SSSR count). The van der Waals surface area contributed by atoms with Crippen molar-refractivity contribution in [3.8, 4) is 11.5 Å². The van der Waals surface area contributed by atoms with Crippen LogP contribution in [-0.2, 0) is 10.8 Å². The lowest BCUT2D eigenvalue weighted by atomic mass is 10.1. The fraction of sp³-hybridized carbons (Fsp3) is 0.407. The number of rotatable bonds is 10. The summed E-state index contributed by atoms with van der Waals surface area (Å²) in [4.78, 5) is 29.1. The van der Waals surface area contributed by atoms with Gasteiger partial charge >= 0.3 is 0 Å². The zero-order valence-corrected chi connectivity index (χ0v) is 24.5. The molecule has 1 aliphatic heterocycles. The number of nitrogens with zero attached hydrogens (tertiary/aromatic N) is 8. The number of fused-ring (bicyclic) bond motifs is 1. The summed E-state index contributed by atoms with van der Waals surface area (Å²) in [5, 5.41) is 4.42. The summed E-state index contributed by atoms with van der Waals surface area (Å²) in [5.41, 5.74) is 7.30. The molecule has 1 aromatic carbocycles. The molecule has 0 radical (unpaired) electrons. The molecule has 3 aromatic heterocycles. The van der Waals surface area contributed by atoms with Crippen molar-refractivity contribution >= 4 is 39.9 Å². The lowest BCUT2D eigenvalue weighted by Crippen LogP contribution is -2.48. The highest BCUT2D eigenvalue weighted by Crippen LogP contribution is 2.26. The standard InChI is InChI=1S/C27H33F2N9O3S/c1-34(12-14-42(3)40)25(39)18-15-22(20(29)16-19(18)28)37-10-8-36(9-11-37)7-6-35(2)27-31-24-17-21(23-5-4-13-41-23)33-38(24)26(30)32-27/h4-5,13,15-17H,6-12,14H2,1-3H3,(H2,30,31,32)/t42-/m1/s1. The van der Waals surface area contributed by atoms with Gasteiger partial charge in [-0.1, -0.05) is 0 Å². The number of carbonyl (C=O) groups excluding carboxylic acids is 1. The third kappa shape index (κ3) is 6.36. The summed E-state index contributed by atoms with van der Waals surface area (Å²) in [5.74, 6) is -0.648. The predicted molar refractivity (Wildman–Crippen MR) is 157 cm³/mol. The van der Waals surface area contributed by atoms with Gasteiger partial charge in [-0.05, 0) is 18.2 Å². The molecular formula is C27H33F2N9O3S. The summed E-state index contributed by atoms with van der Waals surface area (Å²) in [6, 6.07) is 7.41. The zero-order chi connectivity index (χ0) is 30.0. The molecule has 2 N–H and O–H groups in total. The number of hydrogen-bond donors (Lipinski definition) is 1. The van der Waals surface area contributed by atoms with Crippen molar-refractivity contribution in [2.45, 2.75) is 0 Å². The largest absolute Gasteiger partial charge is 0.463 e. The molecule has 1 fully saturated rings. The van der Waals surface area contributed by atoms with Crippen LogP contribution in [0.15, 0.2) is 41.0 Å². The summed E-state index contributed by atoms with van der Waals surface area (Å²) >= 11 is 0. The van der Waals surface area contributed by atoms with Gasteiger partial charge in [0.1, 0.15) is 17.3 Å². The molecule has 1 amide bonds. The van der Waals surface area contributed by atoms with E-state index in [9.17, 15) is 17.8 Å². The summed E-state index contributed by atoms with van der Waals surface area (Å²) in [7, 11) is 2.30. The number of amides is 1. The third-order valence-electron chi connectivity index (χ3n) is 7.24. The highest BCUT2D eigenvalue weighted by molar-refractivity contribution is 7.84. The highest BCUT2D eigenvalue weighted by atomic mass is 32.2. The van der Waals surface area contributed by atoms with Crippen molar-refractivity contribution in [1.29, 1.82) is 0 Å². The van der Waals surface area contributed by atoms with Gasteiger partial charge in [0.25, 0.3) is 5.91 Å². The van der Waals surface area contributed by atoms with E-state index in [4.69, 9.17) is 10.2 Å². The molecule has 0 aliphatic carbocycles. The average molecular weight is 602 g/mol. The first-order valence-corrected chi connectivity index (χ1v) is 15.1. The van der Waals surface area contributed by atoms with Crippen LogP contribution < -0.4 is 15.5 Å². The number of furan rings is 1. The SMILES string of the molecule is CN(CC[S@@](C)=O)C(=O)c1cc(N2CCN(CCN(C)c3nc(N)n4nc(-c5ccco5)cc4n3)CC2)c(F)cc1F. The monoisotopic (exact) mass is 601 g/mol. The van der Waals surface area contributed by atoms with Crippen LogP contribution in [0.25, 0.3) is 17.1 Å². The van der Waals surface area contributed by atoms with Crippen LogP contribution in [0.1, 0.15) is 10.4 Å². The molecule has 224 valence electrons. The second-order valence-corrected chi connectivity index (χ2v) is 11.8. The maximum atomic E-state index is 14.8. The Morgan fingerprint density at radius 2 is 1.86 bits per heavy atom. The Labute approximate surface area is 244 Å². The minimum absolute atomic E-state index is 0.191. The van der Waals surface area contributed by atoms with E-state index in [-0.39, 0.29) is 29.5 Å². The average Bonchev–Trinajstić information content (AvgIpc) is 3.65. The predicted octanol–water partition coefficient (Wildman–Crippen LogP) is 1.95. The first kappa shape index (κ1) is 29.4. The molecule has 1 atom stereocenters. The number of hydrogen-bond acceptors (Lipinski definition) is 10. The smallest absolute Gasteiger partial charge is 0.256 e. The first-order valence-electron chi connectivity index (χ1n) is 13.4. The third-order valence-corrected chi connectivity index (χ3v) is 8.00. The topological polar surface area (TPSA) is 129 Å². The van der Waals surface area contributed by atoms with Gasteiger partial charge in [-0.2, -0.15) is 19.6 Å². The van der Waals surface area contributed by atoms with Gasteiger partial charge < -0.3 is 24.9 Å². The molecule has 42 heavy (non-hydrogen) atoms. The number of piperazine rings is 1. The van der Waals surface area contributed by atoms with E-state index >= 15 is 0 Å². The van der Waals surface area contributed by atoms with E-state index in [2.05, 4.69) is 20.0 Å². The van der Waals surface area contributed by atoms with Crippen LogP contribution >= 0.6 is 0 Å². The van der Waals surface area contributed by atoms with Gasteiger partial charge in [0.15, 0.2) is 11.4 Å². The van der Waals surface area contributed by atoms with Crippen LogP contribution in [0.2, 0.25) is 0 Å². The van der Waals surface area contributed by atoms with E-state index in [1.165, 1.54) is 28.8 Å². The maximum absolute atomic E-state index is 14.8. The number of benzene rings is 1. The van der Waals surface area contributed by atoms with Crippen LogP contribution in [0.5, 0.6) is 0 Å². The number of anilines is 3. The lowest BCUT2D eigenvalue weighted by molar-refractivity contribution is 0.0799. The van der Waals surface area contributed by atoms with Gasteiger partial charge in [-0.3, -0.25) is 13.9 Å². The van der Waals surface area contributed by atoms with Gasteiger partial charge in [-0.15, -0.1) is 0 Å². The Morgan fingerprint density at radius 1 is 1.10 bits per heavy atom. The normalized spacial score (nSPS) is 14.8. The van der Waals surface area contributed by atoms with E-state index in [0.717, 1.165) is 6.07 Å². The minimum Gasteiger partial charge on any atom is -0.463 e. The Morgan fingerprint density at radius 3 is 2.55 bits per heavy atom. The van der Waals surface area contributed by atoms with E-state index < -0.39 is 28.3 Å². The Balaban J connectivity index is 1.19. The van der Waals surface area contributed by atoms with Crippen molar-refractivity contribution in [3.05, 3.63) is 53.8 Å². The molecule has 4 heterocycles. The van der Waals surface area contributed by atoms with Crippen LogP contribution in [0.4, 0.5) is 26.4 Å². The van der Waals surface area contributed by atoms with Crippen molar-refractivity contribution < 1.29 is 22.2 Å². The molecule has 15 heteroatoms. The molecule has 0 bridgehead atoms. The van der Waals surface area contributed by atoms with Gasteiger partial charge in [-0.25, -0.2) is 8.78 Å². The summed E-state index contributed by atoms with van der Waals surface area (Å²) < 4.78 is 47.6. The minimum atomic E-state index is -1.09. The summed E-state index contributed by atoms with van der Waals surface area (Å²) in [6.07, 6.45) is 3.11. The second kappa shape index (κ2) is 12.4. The number of halogens is 2. The molecule has 0 spiro atoms. The molecular weight excluding hydrogens is 568 g/mol. The van der Waals surface area contributed by atoms with Crippen molar-refractivity contribution in [3.63, 3.8) is 0 Å². The molecule has 1 saturated heterocycles. The molecule has 4 aromatic rings. The van der Waals surface area contributed by atoms with E-state index in [1.807, 2.05) is 16.8 Å². The zero-order valence-electron chi connectivity index (χ0n) is 23.7. The first-order chi connectivity index (χ1) is 20.1. The number of likely N-dealkylation sites (N-methyl/N-ethyl adjacent to an activating group) is 1. The molecule has 12 nitrogen and oxygen atoms in total. The van der Waals surface area contributed by atoms with E-state index in [0.29, 0.717) is 62.3 Å². The van der Waals surface area contributed by atoms with Gasteiger partial charge in [0.2, 0.25) is 11.9 Å². The lowest BCUT2D eigenvalue weighted by Gasteiger charge is -2.37. The van der Waals surface area contributed by atoms with Crippen molar-refractivity contribution in [1.82, 2.24) is 29.4 Å². The quantitative estimate of drug-likeness (QED) is 0.288. The Hall–Kier alpha value is -4.11. The summed E-state index contributed by atoms with van der Waals surface area (Å²) in [6.45, 7) is 3.83. The Bertz CT molecular complexity index is 1590. The maximum Gasteiger partial charge on any atom is 0.256 e. The van der Waals surface area contributed by atoms with Gasteiger partial charge in [0.05, 0.1) is 17.5 Å². The fourth-order valence-electron chi connectivity index (χ4n) is 4.73. The van der Waals surface area contributed by atoms with Crippen LogP contribution in [0.3, 0.4) is 0 Å². The van der Waals surface area contributed by atoms with Crippen molar-refractivity contribution in [2.75, 3.05) is 87.5 Å².